The van der Waals surface area contributed by atoms with Gasteiger partial charge in [0.2, 0.25) is 5.91 Å². The molecule has 1 unspecified atom stereocenters. The third-order valence-corrected chi connectivity index (χ3v) is 3.22. The minimum atomic E-state index is -0.340. The summed E-state index contributed by atoms with van der Waals surface area (Å²) in [5, 5.41) is 0. The SMILES string of the molecule is C[C@@H]1C[C@H](C)N(C(=O)C(N)CC(C)(C)C)C1. The minimum Gasteiger partial charge on any atom is -0.338 e. The van der Waals surface area contributed by atoms with Gasteiger partial charge >= 0.3 is 0 Å². The van der Waals surface area contributed by atoms with E-state index in [1.807, 2.05) is 4.90 Å². The molecule has 1 heterocycles. The van der Waals surface area contributed by atoms with Crippen molar-refractivity contribution in [2.75, 3.05) is 6.54 Å². The first-order valence-electron chi connectivity index (χ1n) is 6.27. The summed E-state index contributed by atoms with van der Waals surface area (Å²) in [6.07, 6.45) is 1.86. The van der Waals surface area contributed by atoms with Crippen molar-refractivity contribution >= 4 is 5.91 Å². The normalized spacial score (nSPS) is 28.2. The van der Waals surface area contributed by atoms with Crippen molar-refractivity contribution in [3.8, 4) is 0 Å². The molecule has 2 N–H and O–H groups in total. The summed E-state index contributed by atoms with van der Waals surface area (Å²) in [7, 11) is 0. The number of hydrogen-bond acceptors (Lipinski definition) is 2. The van der Waals surface area contributed by atoms with E-state index >= 15 is 0 Å². The molecule has 0 radical (unpaired) electrons. The van der Waals surface area contributed by atoms with E-state index in [1.165, 1.54) is 0 Å². The van der Waals surface area contributed by atoms with Crippen molar-refractivity contribution < 1.29 is 4.79 Å². The number of hydrogen-bond donors (Lipinski definition) is 1. The standard InChI is InChI=1S/C13H26N2O/c1-9-6-10(2)15(8-9)12(16)11(14)7-13(3,4)5/h9-11H,6-8,14H2,1-5H3/t9-,10+,11?/m1/s1. The fourth-order valence-corrected chi connectivity index (χ4v) is 2.57. The summed E-state index contributed by atoms with van der Waals surface area (Å²) in [6, 6.07) is 0.0151. The molecule has 1 aliphatic rings. The lowest BCUT2D eigenvalue weighted by Crippen LogP contribution is -2.46. The van der Waals surface area contributed by atoms with Crippen molar-refractivity contribution in [1.82, 2.24) is 4.90 Å². The van der Waals surface area contributed by atoms with Gasteiger partial charge in [-0.3, -0.25) is 4.79 Å². The van der Waals surface area contributed by atoms with E-state index in [4.69, 9.17) is 5.73 Å². The maximum absolute atomic E-state index is 12.2. The molecule has 0 aromatic heterocycles. The van der Waals surface area contributed by atoms with Crippen molar-refractivity contribution in [2.45, 2.75) is 59.5 Å². The van der Waals surface area contributed by atoms with Crippen molar-refractivity contribution in [1.29, 1.82) is 0 Å². The fraction of sp³-hybridized carbons (Fsp3) is 0.923. The average molecular weight is 226 g/mol. The highest BCUT2D eigenvalue weighted by molar-refractivity contribution is 5.82. The van der Waals surface area contributed by atoms with Gasteiger partial charge in [-0.1, -0.05) is 27.7 Å². The van der Waals surface area contributed by atoms with Crippen LogP contribution in [-0.4, -0.2) is 29.4 Å². The molecule has 0 bridgehead atoms. The fourth-order valence-electron chi connectivity index (χ4n) is 2.57. The molecule has 0 aliphatic carbocycles. The number of amides is 1. The van der Waals surface area contributed by atoms with E-state index in [-0.39, 0.29) is 17.4 Å². The van der Waals surface area contributed by atoms with Crippen LogP contribution in [0.2, 0.25) is 0 Å². The maximum Gasteiger partial charge on any atom is 0.239 e. The zero-order valence-corrected chi connectivity index (χ0v) is 11.3. The first-order chi connectivity index (χ1) is 7.20. The second kappa shape index (κ2) is 4.74. The molecule has 0 aromatic rings. The molecule has 94 valence electrons. The molecule has 0 aromatic carbocycles. The first kappa shape index (κ1) is 13.5. The largest absolute Gasteiger partial charge is 0.338 e. The van der Waals surface area contributed by atoms with Crippen molar-refractivity contribution in [3.63, 3.8) is 0 Å². The zero-order chi connectivity index (χ0) is 12.5. The second-order valence-electron chi connectivity index (χ2n) is 6.55. The molecule has 1 saturated heterocycles. The van der Waals surface area contributed by atoms with Gasteiger partial charge in [0.25, 0.3) is 0 Å². The van der Waals surface area contributed by atoms with E-state index in [0.717, 1.165) is 19.4 Å². The van der Waals surface area contributed by atoms with Gasteiger partial charge < -0.3 is 10.6 Å². The quantitative estimate of drug-likeness (QED) is 0.783. The van der Waals surface area contributed by atoms with E-state index < -0.39 is 0 Å². The zero-order valence-electron chi connectivity index (χ0n) is 11.3. The lowest BCUT2D eigenvalue weighted by Gasteiger charge is -2.28. The van der Waals surface area contributed by atoms with E-state index in [1.54, 1.807) is 0 Å². The summed E-state index contributed by atoms with van der Waals surface area (Å²) >= 11 is 0. The van der Waals surface area contributed by atoms with Crippen LogP contribution in [0.3, 0.4) is 0 Å². The highest BCUT2D eigenvalue weighted by Gasteiger charge is 2.33. The van der Waals surface area contributed by atoms with Crippen LogP contribution in [0.4, 0.5) is 0 Å². The Morgan fingerprint density at radius 3 is 2.38 bits per heavy atom. The molecule has 3 nitrogen and oxygen atoms in total. The number of rotatable bonds is 2. The van der Waals surface area contributed by atoms with Gasteiger partial charge in [0.15, 0.2) is 0 Å². The van der Waals surface area contributed by atoms with Gasteiger partial charge in [-0.25, -0.2) is 0 Å². The monoisotopic (exact) mass is 226 g/mol. The number of nitrogens with zero attached hydrogens (tertiary/aromatic N) is 1. The predicted octanol–water partition coefficient (Wildman–Crippen LogP) is 2.01. The Morgan fingerprint density at radius 2 is 2.00 bits per heavy atom. The summed E-state index contributed by atoms with van der Waals surface area (Å²) in [5.41, 5.74) is 6.11. The molecule has 16 heavy (non-hydrogen) atoms. The Bertz CT molecular complexity index is 257. The van der Waals surface area contributed by atoms with Crippen molar-refractivity contribution in [2.24, 2.45) is 17.1 Å². The van der Waals surface area contributed by atoms with Gasteiger partial charge in [-0.15, -0.1) is 0 Å². The molecule has 0 saturated carbocycles. The van der Waals surface area contributed by atoms with Gasteiger partial charge in [0.05, 0.1) is 6.04 Å². The molecular formula is C13H26N2O. The Labute approximate surface area is 99.4 Å². The molecule has 1 fully saturated rings. The Morgan fingerprint density at radius 1 is 1.44 bits per heavy atom. The van der Waals surface area contributed by atoms with Crippen LogP contribution in [0.5, 0.6) is 0 Å². The van der Waals surface area contributed by atoms with Crippen LogP contribution in [0, 0.1) is 11.3 Å². The molecule has 1 aliphatic heterocycles. The topological polar surface area (TPSA) is 46.3 Å². The smallest absolute Gasteiger partial charge is 0.239 e. The molecule has 1 amide bonds. The molecule has 1 rings (SSSR count). The number of nitrogens with two attached hydrogens (primary N) is 1. The van der Waals surface area contributed by atoms with Crippen LogP contribution < -0.4 is 5.73 Å². The second-order valence-corrected chi connectivity index (χ2v) is 6.55. The molecule has 3 atom stereocenters. The summed E-state index contributed by atoms with van der Waals surface area (Å²) < 4.78 is 0. The Balaban J connectivity index is 2.57. The number of carbonyl (C=O) groups is 1. The van der Waals surface area contributed by atoms with Gasteiger partial charge in [0.1, 0.15) is 0 Å². The number of carbonyl (C=O) groups excluding carboxylic acids is 1. The Kier molecular flexibility index (Phi) is 4.00. The highest BCUT2D eigenvalue weighted by Crippen LogP contribution is 2.25. The third-order valence-electron chi connectivity index (χ3n) is 3.22. The average Bonchev–Trinajstić information content (AvgIpc) is 2.41. The van der Waals surface area contributed by atoms with Crippen LogP contribution in [0.25, 0.3) is 0 Å². The maximum atomic E-state index is 12.2. The van der Waals surface area contributed by atoms with Crippen LogP contribution in [0.1, 0.15) is 47.5 Å². The number of likely N-dealkylation sites (tertiary alicyclic amines) is 1. The minimum absolute atomic E-state index is 0.115. The van der Waals surface area contributed by atoms with E-state index in [2.05, 4.69) is 34.6 Å². The third kappa shape index (κ3) is 3.48. The summed E-state index contributed by atoms with van der Waals surface area (Å²) in [6.45, 7) is 11.5. The lowest BCUT2D eigenvalue weighted by molar-refractivity contribution is -0.133. The summed E-state index contributed by atoms with van der Waals surface area (Å²) in [4.78, 5) is 14.1. The lowest BCUT2D eigenvalue weighted by atomic mass is 9.88. The van der Waals surface area contributed by atoms with Gasteiger partial charge in [0, 0.05) is 12.6 Å². The van der Waals surface area contributed by atoms with E-state index in [9.17, 15) is 4.79 Å². The van der Waals surface area contributed by atoms with Gasteiger partial charge in [-0.05, 0) is 31.1 Å². The molecule has 3 heteroatoms. The van der Waals surface area contributed by atoms with Crippen LogP contribution in [-0.2, 0) is 4.79 Å². The van der Waals surface area contributed by atoms with E-state index in [0.29, 0.717) is 12.0 Å². The summed E-state index contributed by atoms with van der Waals surface area (Å²) in [5.74, 6) is 0.743. The van der Waals surface area contributed by atoms with Crippen LogP contribution in [0.15, 0.2) is 0 Å². The molecule has 0 spiro atoms. The van der Waals surface area contributed by atoms with Crippen LogP contribution >= 0.6 is 0 Å². The highest BCUT2D eigenvalue weighted by atomic mass is 16.2. The Hall–Kier alpha value is -0.570. The molecular weight excluding hydrogens is 200 g/mol. The van der Waals surface area contributed by atoms with Gasteiger partial charge in [-0.2, -0.15) is 0 Å². The predicted molar refractivity (Wildman–Crippen MR) is 67.0 cm³/mol. The first-order valence-corrected chi connectivity index (χ1v) is 6.27. The van der Waals surface area contributed by atoms with Crippen molar-refractivity contribution in [3.05, 3.63) is 0 Å².